The van der Waals surface area contributed by atoms with Gasteiger partial charge in [0.25, 0.3) is 0 Å². The van der Waals surface area contributed by atoms with Gasteiger partial charge < -0.3 is 4.90 Å². The quantitative estimate of drug-likeness (QED) is 0.800. The molecule has 2 rings (SSSR count). The van der Waals surface area contributed by atoms with Crippen LogP contribution in [0.15, 0.2) is 12.1 Å². The fraction of sp³-hybridized carbons (Fsp3) is 0.571. The Hall–Kier alpha value is -1.56. The van der Waals surface area contributed by atoms with E-state index in [0.29, 0.717) is 5.56 Å². The number of aromatic nitrogens is 1. The van der Waals surface area contributed by atoms with E-state index in [1.807, 2.05) is 19.1 Å². The fourth-order valence-electron chi connectivity index (χ4n) is 2.54. The molecule has 0 aromatic carbocycles. The van der Waals surface area contributed by atoms with Crippen molar-refractivity contribution in [3.8, 4) is 6.07 Å². The minimum absolute atomic E-state index is 0.702. The van der Waals surface area contributed by atoms with Crippen LogP contribution in [0.3, 0.4) is 0 Å². The monoisotopic (exact) mass is 229 g/mol. The third-order valence-corrected chi connectivity index (χ3v) is 3.42. The van der Waals surface area contributed by atoms with Crippen LogP contribution in [-0.4, -0.2) is 18.1 Å². The van der Waals surface area contributed by atoms with E-state index in [1.165, 1.54) is 19.3 Å². The maximum absolute atomic E-state index is 9.12. The first-order valence-corrected chi connectivity index (χ1v) is 6.37. The minimum atomic E-state index is 0.702. The van der Waals surface area contributed by atoms with Gasteiger partial charge in [-0.2, -0.15) is 5.26 Å². The van der Waals surface area contributed by atoms with Crippen LogP contribution in [-0.2, 0) is 0 Å². The lowest BCUT2D eigenvalue weighted by Crippen LogP contribution is -2.22. The minimum Gasteiger partial charge on any atom is -0.355 e. The average molecular weight is 229 g/mol. The highest BCUT2D eigenvalue weighted by molar-refractivity contribution is 5.54. The number of hydrogen-bond donors (Lipinski definition) is 0. The second-order valence-electron chi connectivity index (χ2n) is 4.82. The van der Waals surface area contributed by atoms with Crippen molar-refractivity contribution in [2.45, 2.75) is 33.1 Å². The maximum Gasteiger partial charge on any atom is 0.146 e. The average Bonchev–Trinajstić information content (AvgIpc) is 2.78. The van der Waals surface area contributed by atoms with Crippen LogP contribution in [0.5, 0.6) is 0 Å². The summed E-state index contributed by atoms with van der Waals surface area (Å²) < 4.78 is 0. The molecule has 1 aliphatic rings. The van der Waals surface area contributed by atoms with Gasteiger partial charge in [0.1, 0.15) is 11.9 Å². The van der Waals surface area contributed by atoms with Gasteiger partial charge in [0.05, 0.1) is 5.56 Å². The molecule has 1 fully saturated rings. The molecule has 90 valence electrons. The molecule has 0 spiro atoms. The predicted octanol–water partition coefficient (Wildman–Crippen LogP) is 2.89. The Bertz CT molecular complexity index is 434. The molecule has 3 nitrogen and oxygen atoms in total. The summed E-state index contributed by atoms with van der Waals surface area (Å²) in [5.74, 6) is 1.65. The van der Waals surface area contributed by atoms with Gasteiger partial charge in [-0.25, -0.2) is 4.98 Å². The molecule has 1 unspecified atom stereocenters. The molecule has 0 amide bonds. The largest absolute Gasteiger partial charge is 0.355 e. The molecule has 0 aliphatic carbocycles. The lowest BCUT2D eigenvalue weighted by atomic mass is 10.0. The van der Waals surface area contributed by atoms with Crippen LogP contribution in [0.2, 0.25) is 0 Å². The Morgan fingerprint density at radius 3 is 3.06 bits per heavy atom. The summed E-state index contributed by atoms with van der Waals surface area (Å²) in [5.41, 5.74) is 1.69. The molecule has 17 heavy (non-hydrogen) atoms. The molecular weight excluding hydrogens is 210 g/mol. The van der Waals surface area contributed by atoms with Crippen LogP contribution in [0.4, 0.5) is 5.82 Å². The molecule has 0 bridgehead atoms. The Morgan fingerprint density at radius 1 is 1.53 bits per heavy atom. The van der Waals surface area contributed by atoms with Gasteiger partial charge in [-0.15, -0.1) is 0 Å². The number of rotatable bonds is 3. The molecule has 1 saturated heterocycles. The lowest BCUT2D eigenvalue weighted by Gasteiger charge is -2.19. The van der Waals surface area contributed by atoms with Gasteiger partial charge >= 0.3 is 0 Å². The van der Waals surface area contributed by atoms with Crippen LogP contribution in [0, 0.1) is 24.2 Å². The number of nitrogens with zero attached hydrogens (tertiary/aromatic N) is 3. The van der Waals surface area contributed by atoms with Crippen molar-refractivity contribution < 1.29 is 0 Å². The summed E-state index contributed by atoms with van der Waals surface area (Å²) in [5, 5.41) is 9.12. The van der Waals surface area contributed by atoms with Gasteiger partial charge in [-0.3, -0.25) is 0 Å². The molecule has 1 aromatic heterocycles. The fourth-order valence-corrected chi connectivity index (χ4v) is 2.54. The van der Waals surface area contributed by atoms with Crippen LogP contribution in [0.25, 0.3) is 0 Å². The van der Waals surface area contributed by atoms with E-state index >= 15 is 0 Å². The topological polar surface area (TPSA) is 39.9 Å². The molecule has 0 saturated carbocycles. The molecule has 1 aliphatic heterocycles. The highest BCUT2D eigenvalue weighted by atomic mass is 15.2. The summed E-state index contributed by atoms with van der Waals surface area (Å²) in [4.78, 5) is 6.79. The predicted molar refractivity (Wildman–Crippen MR) is 68.9 cm³/mol. The number of hydrogen-bond acceptors (Lipinski definition) is 3. The number of aryl methyl sites for hydroxylation is 1. The Morgan fingerprint density at radius 2 is 2.35 bits per heavy atom. The van der Waals surface area contributed by atoms with Crippen molar-refractivity contribution in [1.29, 1.82) is 5.26 Å². The highest BCUT2D eigenvalue weighted by Gasteiger charge is 2.24. The van der Waals surface area contributed by atoms with E-state index < -0.39 is 0 Å². The van der Waals surface area contributed by atoms with E-state index in [9.17, 15) is 0 Å². The van der Waals surface area contributed by atoms with Crippen LogP contribution < -0.4 is 4.90 Å². The van der Waals surface area contributed by atoms with Crippen molar-refractivity contribution in [3.63, 3.8) is 0 Å². The normalized spacial score (nSPS) is 19.4. The summed E-state index contributed by atoms with van der Waals surface area (Å²) in [6, 6.07) is 6.03. The molecule has 0 radical (unpaired) electrons. The van der Waals surface area contributed by atoms with E-state index in [1.54, 1.807) is 0 Å². The summed E-state index contributed by atoms with van der Waals surface area (Å²) in [7, 11) is 0. The Labute approximate surface area is 103 Å². The Balaban J connectivity index is 2.18. The van der Waals surface area contributed by atoms with E-state index in [-0.39, 0.29) is 0 Å². The zero-order valence-corrected chi connectivity index (χ0v) is 10.6. The van der Waals surface area contributed by atoms with Crippen molar-refractivity contribution in [2.75, 3.05) is 18.0 Å². The SMILES string of the molecule is CCCC1CCN(c2nc(C)ccc2C#N)C1. The smallest absolute Gasteiger partial charge is 0.146 e. The first-order valence-electron chi connectivity index (χ1n) is 6.37. The number of nitriles is 1. The van der Waals surface area contributed by atoms with Gasteiger partial charge in [0.15, 0.2) is 0 Å². The number of anilines is 1. The maximum atomic E-state index is 9.12. The Kier molecular flexibility index (Phi) is 3.63. The lowest BCUT2D eigenvalue weighted by molar-refractivity contribution is 0.529. The first-order chi connectivity index (χ1) is 8.24. The highest BCUT2D eigenvalue weighted by Crippen LogP contribution is 2.27. The number of pyridine rings is 1. The van der Waals surface area contributed by atoms with Gasteiger partial charge in [0.2, 0.25) is 0 Å². The molecule has 1 aromatic rings. The van der Waals surface area contributed by atoms with Gasteiger partial charge in [0, 0.05) is 18.8 Å². The third-order valence-electron chi connectivity index (χ3n) is 3.42. The molecule has 3 heteroatoms. The van der Waals surface area contributed by atoms with E-state index in [4.69, 9.17) is 5.26 Å². The molecule has 1 atom stereocenters. The van der Waals surface area contributed by atoms with Crippen LogP contribution >= 0.6 is 0 Å². The second-order valence-corrected chi connectivity index (χ2v) is 4.82. The first kappa shape index (κ1) is 11.9. The molecule has 0 N–H and O–H groups in total. The van der Waals surface area contributed by atoms with E-state index in [2.05, 4.69) is 22.9 Å². The van der Waals surface area contributed by atoms with Crippen molar-refractivity contribution in [2.24, 2.45) is 5.92 Å². The molecule has 2 heterocycles. The van der Waals surface area contributed by atoms with E-state index in [0.717, 1.165) is 30.5 Å². The second kappa shape index (κ2) is 5.18. The van der Waals surface area contributed by atoms with Gasteiger partial charge in [-0.1, -0.05) is 13.3 Å². The van der Waals surface area contributed by atoms with Crippen molar-refractivity contribution >= 4 is 5.82 Å². The van der Waals surface area contributed by atoms with Crippen molar-refractivity contribution in [3.05, 3.63) is 23.4 Å². The van der Waals surface area contributed by atoms with Crippen LogP contribution in [0.1, 0.15) is 37.4 Å². The summed E-state index contributed by atoms with van der Waals surface area (Å²) in [6.07, 6.45) is 3.75. The summed E-state index contributed by atoms with van der Waals surface area (Å²) in [6.45, 7) is 6.30. The summed E-state index contributed by atoms with van der Waals surface area (Å²) >= 11 is 0. The zero-order chi connectivity index (χ0) is 12.3. The third kappa shape index (κ3) is 2.58. The standard InChI is InChI=1S/C14H19N3/c1-3-4-12-7-8-17(10-12)14-13(9-15)6-5-11(2)16-14/h5-6,12H,3-4,7-8,10H2,1-2H3. The van der Waals surface area contributed by atoms with Crippen molar-refractivity contribution in [1.82, 2.24) is 4.98 Å². The molecular formula is C14H19N3. The van der Waals surface area contributed by atoms with Gasteiger partial charge in [-0.05, 0) is 37.8 Å². The zero-order valence-electron chi connectivity index (χ0n) is 10.6.